The topological polar surface area (TPSA) is 52.0 Å². The Labute approximate surface area is 122 Å². The van der Waals surface area contributed by atoms with E-state index in [2.05, 4.69) is 11.2 Å². The van der Waals surface area contributed by atoms with Crippen molar-refractivity contribution in [3.05, 3.63) is 59.4 Å². The molecule has 0 saturated heterocycles. The van der Waals surface area contributed by atoms with E-state index in [0.29, 0.717) is 11.3 Å². The summed E-state index contributed by atoms with van der Waals surface area (Å²) in [4.78, 5) is 0. The van der Waals surface area contributed by atoms with Crippen molar-refractivity contribution in [1.29, 1.82) is 0 Å². The van der Waals surface area contributed by atoms with Crippen LogP contribution in [0.5, 0.6) is 0 Å². The molecule has 3 rings (SSSR count). The fraction of sp³-hybridized carbons (Fsp3) is 0.118. The summed E-state index contributed by atoms with van der Waals surface area (Å²) in [5, 5.41) is 4.08. The van der Waals surface area contributed by atoms with Crippen molar-refractivity contribution in [1.82, 2.24) is 5.16 Å². The molecule has 0 fully saturated rings. The van der Waals surface area contributed by atoms with Crippen LogP contribution < -0.4 is 5.73 Å². The van der Waals surface area contributed by atoms with Gasteiger partial charge in [-0.1, -0.05) is 41.1 Å². The number of nitrogen functional groups attached to an aromatic ring is 1. The second kappa shape index (κ2) is 5.05. The number of anilines is 1. The van der Waals surface area contributed by atoms with Crippen molar-refractivity contribution in [2.24, 2.45) is 0 Å². The van der Waals surface area contributed by atoms with Crippen molar-refractivity contribution in [3.63, 3.8) is 0 Å². The lowest BCUT2D eigenvalue weighted by Crippen LogP contribution is -1.90. The van der Waals surface area contributed by atoms with Gasteiger partial charge in [0.1, 0.15) is 11.5 Å². The first kappa shape index (κ1) is 13.4. The van der Waals surface area contributed by atoms with Gasteiger partial charge in [0.15, 0.2) is 0 Å². The quantitative estimate of drug-likeness (QED) is 0.760. The molecule has 3 aromatic rings. The molecule has 0 aliphatic carbocycles. The van der Waals surface area contributed by atoms with Crippen LogP contribution in [0.15, 0.2) is 47.0 Å². The number of hydrogen-bond acceptors (Lipinski definition) is 3. The molecular formula is C17H15FN2O. The first-order chi connectivity index (χ1) is 10.1. The van der Waals surface area contributed by atoms with E-state index in [1.54, 1.807) is 12.1 Å². The number of benzene rings is 2. The highest BCUT2D eigenvalue weighted by Gasteiger charge is 2.18. The highest BCUT2D eigenvalue weighted by atomic mass is 19.1. The highest BCUT2D eigenvalue weighted by molar-refractivity contribution is 5.87. The largest absolute Gasteiger partial charge is 0.367 e. The standard InChI is InChI=1S/C17H15FN2O/c1-10-3-8-14(11(2)9-10)16-15(17(19)21-20-16)12-4-6-13(18)7-5-12/h3-9H,19H2,1-2H3. The summed E-state index contributed by atoms with van der Waals surface area (Å²) >= 11 is 0. The third-order valence-corrected chi connectivity index (χ3v) is 3.49. The Bertz CT molecular complexity index is 791. The molecule has 0 spiro atoms. The molecular weight excluding hydrogens is 267 g/mol. The number of aromatic nitrogens is 1. The number of rotatable bonds is 2. The van der Waals surface area contributed by atoms with E-state index in [-0.39, 0.29) is 11.7 Å². The van der Waals surface area contributed by atoms with Gasteiger partial charge in [0.2, 0.25) is 5.88 Å². The van der Waals surface area contributed by atoms with Crippen LogP contribution in [0.3, 0.4) is 0 Å². The van der Waals surface area contributed by atoms with Crippen LogP contribution in [0.25, 0.3) is 22.4 Å². The Morgan fingerprint density at radius 2 is 1.76 bits per heavy atom. The zero-order valence-corrected chi connectivity index (χ0v) is 11.9. The van der Waals surface area contributed by atoms with Crippen LogP contribution in [-0.2, 0) is 0 Å². The molecule has 2 N–H and O–H groups in total. The summed E-state index contributed by atoms with van der Waals surface area (Å²) in [6, 6.07) is 12.2. The minimum atomic E-state index is -0.290. The van der Waals surface area contributed by atoms with Crippen LogP contribution in [-0.4, -0.2) is 5.16 Å². The van der Waals surface area contributed by atoms with Gasteiger partial charge in [-0.05, 0) is 37.1 Å². The van der Waals surface area contributed by atoms with Gasteiger partial charge < -0.3 is 10.3 Å². The zero-order chi connectivity index (χ0) is 15.0. The molecule has 0 atom stereocenters. The van der Waals surface area contributed by atoms with Gasteiger partial charge in [0.05, 0.1) is 5.56 Å². The lowest BCUT2D eigenvalue weighted by Gasteiger charge is -2.07. The SMILES string of the molecule is Cc1ccc(-c2noc(N)c2-c2ccc(F)cc2)c(C)c1. The maximum Gasteiger partial charge on any atom is 0.230 e. The van der Waals surface area contributed by atoms with E-state index >= 15 is 0 Å². The van der Waals surface area contributed by atoms with Crippen molar-refractivity contribution >= 4 is 5.88 Å². The van der Waals surface area contributed by atoms with Crippen LogP contribution in [0.1, 0.15) is 11.1 Å². The van der Waals surface area contributed by atoms with Crippen LogP contribution in [0, 0.1) is 19.7 Å². The highest BCUT2D eigenvalue weighted by Crippen LogP contribution is 2.37. The van der Waals surface area contributed by atoms with E-state index < -0.39 is 0 Å². The fourth-order valence-electron chi connectivity index (χ4n) is 2.46. The van der Waals surface area contributed by atoms with E-state index in [9.17, 15) is 4.39 Å². The molecule has 1 heterocycles. The molecule has 0 bridgehead atoms. The summed E-state index contributed by atoms with van der Waals surface area (Å²) in [6.07, 6.45) is 0. The fourth-order valence-corrected chi connectivity index (χ4v) is 2.46. The lowest BCUT2D eigenvalue weighted by atomic mass is 9.97. The minimum Gasteiger partial charge on any atom is -0.367 e. The third-order valence-electron chi connectivity index (χ3n) is 3.49. The molecule has 0 radical (unpaired) electrons. The van der Waals surface area contributed by atoms with Gasteiger partial charge >= 0.3 is 0 Å². The average Bonchev–Trinajstić information content (AvgIpc) is 2.82. The summed E-state index contributed by atoms with van der Waals surface area (Å²) in [5.74, 6) is -0.0570. The Morgan fingerprint density at radius 1 is 1.05 bits per heavy atom. The molecule has 1 aromatic heterocycles. The van der Waals surface area contributed by atoms with Crippen molar-refractivity contribution in [2.45, 2.75) is 13.8 Å². The second-order valence-corrected chi connectivity index (χ2v) is 5.10. The summed E-state index contributed by atoms with van der Waals surface area (Å²) in [7, 11) is 0. The minimum absolute atomic E-state index is 0.233. The normalized spacial score (nSPS) is 10.8. The molecule has 0 unspecified atom stereocenters. The first-order valence-corrected chi connectivity index (χ1v) is 6.65. The maximum atomic E-state index is 13.1. The Hall–Kier alpha value is -2.62. The van der Waals surface area contributed by atoms with E-state index in [1.165, 1.54) is 17.7 Å². The third kappa shape index (κ3) is 2.40. The molecule has 4 heteroatoms. The van der Waals surface area contributed by atoms with Gasteiger partial charge in [-0.15, -0.1) is 0 Å². The molecule has 0 aliphatic heterocycles. The smallest absolute Gasteiger partial charge is 0.230 e. The predicted octanol–water partition coefficient (Wildman–Crippen LogP) is 4.35. The van der Waals surface area contributed by atoms with Crippen molar-refractivity contribution in [3.8, 4) is 22.4 Å². The summed E-state index contributed by atoms with van der Waals surface area (Å²) in [6.45, 7) is 4.05. The summed E-state index contributed by atoms with van der Waals surface area (Å²) < 4.78 is 18.2. The molecule has 2 aromatic carbocycles. The van der Waals surface area contributed by atoms with Crippen LogP contribution in [0.4, 0.5) is 10.3 Å². The number of nitrogens with zero attached hydrogens (tertiary/aromatic N) is 1. The second-order valence-electron chi connectivity index (χ2n) is 5.10. The van der Waals surface area contributed by atoms with Crippen LogP contribution >= 0.6 is 0 Å². The zero-order valence-electron chi connectivity index (χ0n) is 11.9. The first-order valence-electron chi connectivity index (χ1n) is 6.65. The molecule has 0 amide bonds. The van der Waals surface area contributed by atoms with E-state index in [4.69, 9.17) is 10.3 Å². The molecule has 0 aliphatic rings. The molecule has 21 heavy (non-hydrogen) atoms. The molecule has 0 saturated carbocycles. The Morgan fingerprint density at radius 3 is 2.43 bits per heavy atom. The number of nitrogens with two attached hydrogens (primary N) is 1. The summed E-state index contributed by atoms with van der Waals surface area (Å²) in [5.41, 5.74) is 11.3. The Balaban J connectivity index is 2.19. The Kier molecular flexibility index (Phi) is 3.22. The van der Waals surface area contributed by atoms with Gasteiger partial charge in [0.25, 0.3) is 0 Å². The maximum absolute atomic E-state index is 13.1. The van der Waals surface area contributed by atoms with Crippen LogP contribution in [0.2, 0.25) is 0 Å². The number of hydrogen-bond donors (Lipinski definition) is 1. The van der Waals surface area contributed by atoms with E-state index in [1.807, 2.05) is 26.0 Å². The van der Waals surface area contributed by atoms with Crippen molar-refractivity contribution in [2.75, 3.05) is 5.73 Å². The number of halogens is 1. The van der Waals surface area contributed by atoms with Crippen molar-refractivity contribution < 1.29 is 8.91 Å². The van der Waals surface area contributed by atoms with E-state index in [0.717, 1.165) is 16.7 Å². The molecule has 106 valence electrons. The van der Waals surface area contributed by atoms with Gasteiger partial charge in [0, 0.05) is 5.56 Å². The average molecular weight is 282 g/mol. The van der Waals surface area contributed by atoms with Gasteiger partial charge in [-0.2, -0.15) is 0 Å². The monoisotopic (exact) mass is 282 g/mol. The van der Waals surface area contributed by atoms with Gasteiger partial charge in [-0.25, -0.2) is 4.39 Å². The van der Waals surface area contributed by atoms with Gasteiger partial charge in [-0.3, -0.25) is 0 Å². The molecule has 3 nitrogen and oxygen atoms in total. The predicted molar refractivity (Wildman–Crippen MR) is 81.2 cm³/mol. The lowest BCUT2D eigenvalue weighted by molar-refractivity contribution is 0.439. The number of aryl methyl sites for hydroxylation is 2.